The standard InChI is InChI=1S/C58H44N3O.Pt/c1-58(2,3)49-35-46(41-20-11-6-12-21-41)36-50(38-49)61-54-24-15-23-51(56(54)60-57(61)52-22-13-14-25-55(52)62)47-32-45(40-18-9-5-10-19-40)33-48(34-47)53-37-44(30-31-59-53)43-28-26-42(27-29-43)39-16-7-4-8-17-39;/h4-33,35-38,62H,1-3H3;/q-1;. The summed E-state index contributed by atoms with van der Waals surface area (Å²) in [5.74, 6) is 0.823. The number of aromatic hydroxyl groups is 1. The first-order chi connectivity index (χ1) is 30.3. The summed E-state index contributed by atoms with van der Waals surface area (Å²) in [6.07, 6.45) is 1.88. The SMILES string of the molecule is CC(C)(C)c1cc(-c2ccccc2)cc(-n2c(-c3ccccc3O)nc3c(-c4[c-]c(-c5cc(-c6ccc(-c7ccccc7)cc6)ccn5)cc(-c5ccccc5)c4)cccc32)c1.[Pt]. The minimum absolute atomic E-state index is 0. The number of hydrogen-bond acceptors (Lipinski definition) is 3. The minimum Gasteiger partial charge on any atom is -0.507 e. The van der Waals surface area contributed by atoms with Crippen molar-refractivity contribution in [1.29, 1.82) is 0 Å². The molecule has 8 aromatic carbocycles. The number of phenols is 1. The molecule has 4 nitrogen and oxygen atoms in total. The van der Waals surface area contributed by atoms with Crippen LogP contribution in [-0.2, 0) is 26.5 Å². The van der Waals surface area contributed by atoms with Crippen molar-refractivity contribution in [2.24, 2.45) is 0 Å². The summed E-state index contributed by atoms with van der Waals surface area (Å²) in [7, 11) is 0. The van der Waals surface area contributed by atoms with Crippen LogP contribution in [0.4, 0.5) is 0 Å². The molecule has 308 valence electrons. The summed E-state index contributed by atoms with van der Waals surface area (Å²) in [5.41, 5.74) is 16.9. The van der Waals surface area contributed by atoms with Crippen LogP contribution in [0.15, 0.2) is 206 Å². The van der Waals surface area contributed by atoms with E-state index in [1.165, 1.54) is 16.7 Å². The molecular weight excluding hydrogens is 950 g/mol. The first kappa shape index (κ1) is 41.2. The number of para-hydroxylation sites is 2. The molecule has 0 aliphatic rings. The van der Waals surface area contributed by atoms with Crippen LogP contribution in [-0.4, -0.2) is 19.6 Å². The molecule has 0 saturated carbocycles. The second-order valence-corrected chi connectivity index (χ2v) is 16.8. The van der Waals surface area contributed by atoms with E-state index in [0.29, 0.717) is 11.4 Å². The molecule has 0 saturated heterocycles. The summed E-state index contributed by atoms with van der Waals surface area (Å²) in [6.45, 7) is 6.73. The topological polar surface area (TPSA) is 50.9 Å². The smallest absolute Gasteiger partial charge is 0.148 e. The fourth-order valence-corrected chi connectivity index (χ4v) is 8.29. The Bertz CT molecular complexity index is 3210. The van der Waals surface area contributed by atoms with E-state index in [1.54, 1.807) is 6.07 Å². The quantitative estimate of drug-likeness (QED) is 0.154. The van der Waals surface area contributed by atoms with E-state index in [1.807, 2.05) is 42.6 Å². The van der Waals surface area contributed by atoms with Crippen LogP contribution in [0.25, 0.3) is 95.0 Å². The first-order valence-corrected chi connectivity index (χ1v) is 21.0. The summed E-state index contributed by atoms with van der Waals surface area (Å²) in [6, 6.07) is 73.1. The number of nitrogens with zero attached hydrogens (tertiary/aromatic N) is 3. The van der Waals surface area contributed by atoms with Gasteiger partial charge in [0.05, 0.1) is 16.6 Å². The Labute approximate surface area is 383 Å². The third-order valence-corrected chi connectivity index (χ3v) is 11.6. The molecule has 0 aliphatic heterocycles. The van der Waals surface area contributed by atoms with Gasteiger partial charge in [-0.3, -0.25) is 9.55 Å². The summed E-state index contributed by atoms with van der Waals surface area (Å²) < 4.78 is 2.20. The summed E-state index contributed by atoms with van der Waals surface area (Å²) in [4.78, 5) is 10.4. The maximum Gasteiger partial charge on any atom is 0.148 e. The molecule has 0 atom stereocenters. The molecule has 1 N–H and O–H groups in total. The first-order valence-electron chi connectivity index (χ1n) is 21.0. The monoisotopic (exact) mass is 993 g/mol. The van der Waals surface area contributed by atoms with E-state index < -0.39 is 0 Å². The molecular formula is C58H44N3OPt-. The van der Waals surface area contributed by atoms with Gasteiger partial charge in [0.1, 0.15) is 11.6 Å². The molecule has 0 amide bonds. The molecule has 0 radical (unpaired) electrons. The molecule has 2 aromatic heterocycles. The Hall–Kier alpha value is -7.13. The zero-order valence-corrected chi connectivity index (χ0v) is 37.5. The molecule has 0 bridgehead atoms. The van der Waals surface area contributed by atoms with Crippen LogP contribution >= 0.6 is 0 Å². The average Bonchev–Trinajstić information content (AvgIpc) is 3.72. The molecule has 0 aliphatic carbocycles. The van der Waals surface area contributed by atoms with Gasteiger partial charge in [0, 0.05) is 38.6 Å². The molecule has 2 heterocycles. The number of pyridine rings is 1. The van der Waals surface area contributed by atoms with Gasteiger partial charge in [0.15, 0.2) is 0 Å². The van der Waals surface area contributed by atoms with E-state index in [4.69, 9.17) is 9.97 Å². The van der Waals surface area contributed by atoms with E-state index in [0.717, 1.165) is 72.5 Å². The molecule has 10 rings (SSSR count). The average molecular weight is 994 g/mol. The van der Waals surface area contributed by atoms with Gasteiger partial charge in [-0.1, -0.05) is 189 Å². The number of hydrogen-bond donors (Lipinski definition) is 1. The maximum atomic E-state index is 11.4. The van der Waals surface area contributed by atoms with Crippen LogP contribution in [0.3, 0.4) is 0 Å². The number of rotatable bonds is 8. The van der Waals surface area contributed by atoms with Gasteiger partial charge < -0.3 is 5.11 Å². The number of imidazole rings is 1. The predicted octanol–water partition coefficient (Wildman–Crippen LogP) is 14.9. The fraction of sp³-hybridized carbons (Fsp3) is 0.0690. The number of benzene rings is 8. The van der Waals surface area contributed by atoms with Crippen molar-refractivity contribution >= 4 is 11.0 Å². The second kappa shape index (κ2) is 17.3. The Kier molecular flexibility index (Phi) is 11.3. The molecule has 0 fully saturated rings. The van der Waals surface area contributed by atoms with Crippen molar-refractivity contribution in [3.8, 4) is 89.7 Å². The van der Waals surface area contributed by atoms with Crippen LogP contribution in [0, 0.1) is 6.07 Å². The van der Waals surface area contributed by atoms with Crippen molar-refractivity contribution in [1.82, 2.24) is 14.5 Å². The second-order valence-electron chi connectivity index (χ2n) is 16.8. The largest absolute Gasteiger partial charge is 0.507 e. The van der Waals surface area contributed by atoms with Gasteiger partial charge in [-0.15, -0.1) is 23.8 Å². The van der Waals surface area contributed by atoms with Gasteiger partial charge in [0.25, 0.3) is 0 Å². The Morgan fingerprint density at radius 1 is 0.476 bits per heavy atom. The summed E-state index contributed by atoms with van der Waals surface area (Å²) in [5, 5.41) is 11.4. The molecule has 10 aromatic rings. The molecule has 0 spiro atoms. The van der Waals surface area contributed by atoms with Crippen LogP contribution in [0.2, 0.25) is 0 Å². The van der Waals surface area contributed by atoms with Crippen LogP contribution in [0.1, 0.15) is 26.3 Å². The van der Waals surface area contributed by atoms with Gasteiger partial charge in [-0.25, -0.2) is 4.98 Å². The van der Waals surface area contributed by atoms with Crippen molar-refractivity contribution in [3.05, 3.63) is 218 Å². The van der Waals surface area contributed by atoms with Crippen molar-refractivity contribution in [2.75, 3.05) is 0 Å². The van der Waals surface area contributed by atoms with E-state index in [9.17, 15) is 5.11 Å². The van der Waals surface area contributed by atoms with E-state index in [2.05, 4.69) is 189 Å². The Morgan fingerprint density at radius 3 is 1.65 bits per heavy atom. The third-order valence-electron chi connectivity index (χ3n) is 11.6. The Morgan fingerprint density at radius 2 is 1.02 bits per heavy atom. The zero-order valence-electron chi connectivity index (χ0n) is 35.2. The van der Waals surface area contributed by atoms with Gasteiger partial charge in [0.2, 0.25) is 0 Å². The Balaban J connectivity index is 0.00000504. The molecule has 5 heteroatoms. The predicted molar refractivity (Wildman–Crippen MR) is 256 cm³/mol. The van der Waals surface area contributed by atoms with Gasteiger partial charge >= 0.3 is 0 Å². The minimum atomic E-state index is -0.129. The zero-order chi connectivity index (χ0) is 42.2. The third kappa shape index (κ3) is 8.31. The number of phenolic OH excluding ortho intramolecular Hbond substituents is 1. The normalized spacial score (nSPS) is 11.3. The number of fused-ring (bicyclic) bond motifs is 1. The van der Waals surface area contributed by atoms with Gasteiger partial charge in [-0.05, 0) is 86.3 Å². The fourth-order valence-electron chi connectivity index (χ4n) is 8.29. The van der Waals surface area contributed by atoms with E-state index >= 15 is 0 Å². The molecule has 63 heavy (non-hydrogen) atoms. The van der Waals surface area contributed by atoms with Crippen molar-refractivity contribution < 1.29 is 26.2 Å². The molecule has 0 unspecified atom stereocenters. The van der Waals surface area contributed by atoms with Crippen molar-refractivity contribution in [3.63, 3.8) is 0 Å². The number of aromatic nitrogens is 3. The van der Waals surface area contributed by atoms with Gasteiger partial charge in [-0.2, -0.15) is 0 Å². The summed E-state index contributed by atoms with van der Waals surface area (Å²) >= 11 is 0. The van der Waals surface area contributed by atoms with E-state index in [-0.39, 0.29) is 32.2 Å². The van der Waals surface area contributed by atoms with Crippen LogP contribution in [0.5, 0.6) is 5.75 Å². The maximum absolute atomic E-state index is 11.4. The van der Waals surface area contributed by atoms with Crippen LogP contribution < -0.4 is 0 Å². The van der Waals surface area contributed by atoms with Crippen molar-refractivity contribution in [2.45, 2.75) is 26.2 Å².